The standard InChI is InChI=1S/C22H30N2O2/c1-3-17(4-2)22(25)24-14-12-19(13-15-24)23-16-20-10-11-21(26-20)18-8-6-5-7-9-18/h5-11,17,19,23H,3-4,12-16H2,1-2H3. The fourth-order valence-corrected chi connectivity index (χ4v) is 3.68. The number of nitrogens with zero attached hydrogens (tertiary/aromatic N) is 1. The monoisotopic (exact) mass is 354 g/mol. The lowest BCUT2D eigenvalue weighted by atomic mass is 9.98. The molecule has 1 aromatic carbocycles. The smallest absolute Gasteiger partial charge is 0.225 e. The molecule has 0 unspecified atom stereocenters. The molecule has 1 aromatic heterocycles. The van der Waals surface area contributed by atoms with E-state index in [1.165, 1.54) is 0 Å². The molecule has 140 valence electrons. The van der Waals surface area contributed by atoms with Crippen molar-refractivity contribution in [1.82, 2.24) is 10.2 Å². The third kappa shape index (κ3) is 4.55. The van der Waals surface area contributed by atoms with Crippen LogP contribution in [-0.4, -0.2) is 29.9 Å². The average Bonchev–Trinajstić information content (AvgIpc) is 3.17. The number of carbonyl (C=O) groups is 1. The van der Waals surface area contributed by atoms with E-state index in [2.05, 4.69) is 36.2 Å². The molecule has 0 radical (unpaired) electrons. The topological polar surface area (TPSA) is 45.5 Å². The van der Waals surface area contributed by atoms with E-state index in [-0.39, 0.29) is 5.92 Å². The molecule has 0 atom stereocenters. The number of amides is 1. The molecule has 1 fully saturated rings. The van der Waals surface area contributed by atoms with Gasteiger partial charge in [0, 0.05) is 30.6 Å². The highest BCUT2D eigenvalue weighted by molar-refractivity contribution is 5.78. The molecule has 1 saturated heterocycles. The van der Waals surface area contributed by atoms with Crippen LogP contribution in [0.25, 0.3) is 11.3 Å². The van der Waals surface area contributed by atoms with Crippen molar-refractivity contribution < 1.29 is 9.21 Å². The minimum Gasteiger partial charge on any atom is -0.460 e. The van der Waals surface area contributed by atoms with Crippen molar-refractivity contribution in [3.05, 3.63) is 48.2 Å². The lowest BCUT2D eigenvalue weighted by molar-refractivity contribution is -0.136. The summed E-state index contributed by atoms with van der Waals surface area (Å²) in [6.45, 7) is 6.67. The molecule has 26 heavy (non-hydrogen) atoms. The number of hydrogen-bond acceptors (Lipinski definition) is 3. The number of carbonyl (C=O) groups excluding carboxylic acids is 1. The van der Waals surface area contributed by atoms with Gasteiger partial charge in [0.2, 0.25) is 5.91 Å². The number of nitrogens with one attached hydrogen (secondary N) is 1. The van der Waals surface area contributed by atoms with E-state index in [4.69, 9.17) is 4.42 Å². The van der Waals surface area contributed by atoms with E-state index in [1.54, 1.807) is 0 Å². The molecule has 1 N–H and O–H groups in total. The van der Waals surface area contributed by atoms with Gasteiger partial charge in [0.15, 0.2) is 0 Å². The Bertz CT molecular complexity index is 683. The van der Waals surface area contributed by atoms with Crippen molar-refractivity contribution in [1.29, 1.82) is 0 Å². The minimum absolute atomic E-state index is 0.194. The van der Waals surface area contributed by atoms with Gasteiger partial charge in [0.1, 0.15) is 11.5 Å². The summed E-state index contributed by atoms with van der Waals surface area (Å²) in [5.41, 5.74) is 1.10. The second kappa shape index (κ2) is 9.04. The fourth-order valence-electron chi connectivity index (χ4n) is 3.68. The summed E-state index contributed by atoms with van der Waals surface area (Å²) in [6.07, 6.45) is 3.90. The van der Waals surface area contributed by atoms with Crippen molar-refractivity contribution in [3.8, 4) is 11.3 Å². The summed E-state index contributed by atoms with van der Waals surface area (Å²) < 4.78 is 5.95. The molecule has 4 heteroatoms. The largest absolute Gasteiger partial charge is 0.460 e. The van der Waals surface area contributed by atoms with Crippen LogP contribution < -0.4 is 5.32 Å². The number of rotatable bonds is 7. The first-order valence-electron chi connectivity index (χ1n) is 9.87. The van der Waals surface area contributed by atoms with E-state index in [0.29, 0.717) is 11.9 Å². The first-order chi connectivity index (χ1) is 12.7. The second-order valence-corrected chi connectivity index (χ2v) is 7.13. The maximum absolute atomic E-state index is 12.5. The van der Waals surface area contributed by atoms with Crippen LogP contribution in [0.2, 0.25) is 0 Å². The zero-order chi connectivity index (χ0) is 18.4. The number of piperidine rings is 1. The lowest BCUT2D eigenvalue weighted by Gasteiger charge is -2.34. The van der Waals surface area contributed by atoms with Gasteiger partial charge in [-0.25, -0.2) is 0 Å². The van der Waals surface area contributed by atoms with Crippen molar-refractivity contribution in [3.63, 3.8) is 0 Å². The molecule has 1 aliphatic heterocycles. The predicted molar refractivity (Wildman–Crippen MR) is 105 cm³/mol. The van der Waals surface area contributed by atoms with Crippen molar-refractivity contribution in [2.45, 2.75) is 52.1 Å². The number of hydrogen-bond donors (Lipinski definition) is 1. The fraction of sp³-hybridized carbons (Fsp3) is 0.500. The van der Waals surface area contributed by atoms with Gasteiger partial charge in [-0.15, -0.1) is 0 Å². The van der Waals surface area contributed by atoms with Crippen LogP contribution >= 0.6 is 0 Å². The zero-order valence-corrected chi connectivity index (χ0v) is 15.9. The second-order valence-electron chi connectivity index (χ2n) is 7.13. The predicted octanol–water partition coefficient (Wildman–Crippen LogP) is 4.46. The van der Waals surface area contributed by atoms with Crippen LogP contribution in [0.4, 0.5) is 0 Å². The van der Waals surface area contributed by atoms with Crippen molar-refractivity contribution >= 4 is 5.91 Å². The number of benzene rings is 1. The Morgan fingerprint density at radius 1 is 1.12 bits per heavy atom. The summed E-state index contributed by atoms with van der Waals surface area (Å²) in [6, 6.07) is 14.7. The lowest BCUT2D eigenvalue weighted by Crippen LogP contribution is -2.46. The Balaban J connectivity index is 1.46. The quantitative estimate of drug-likeness (QED) is 0.798. The molecule has 0 saturated carbocycles. The molecule has 2 aromatic rings. The third-order valence-electron chi connectivity index (χ3n) is 5.43. The van der Waals surface area contributed by atoms with E-state index in [0.717, 1.165) is 62.4 Å². The summed E-state index contributed by atoms with van der Waals surface area (Å²) >= 11 is 0. The minimum atomic E-state index is 0.194. The van der Waals surface area contributed by atoms with Crippen LogP contribution in [-0.2, 0) is 11.3 Å². The summed E-state index contributed by atoms with van der Waals surface area (Å²) in [4.78, 5) is 14.5. The maximum atomic E-state index is 12.5. The van der Waals surface area contributed by atoms with Gasteiger partial charge in [-0.2, -0.15) is 0 Å². The summed E-state index contributed by atoms with van der Waals surface area (Å²) in [7, 11) is 0. The number of likely N-dealkylation sites (tertiary alicyclic amines) is 1. The zero-order valence-electron chi connectivity index (χ0n) is 15.9. The Labute approximate surface area is 156 Å². The maximum Gasteiger partial charge on any atom is 0.225 e. The van der Waals surface area contributed by atoms with Gasteiger partial charge in [0.05, 0.1) is 6.54 Å². The molecule has 1 amide bonds. The first kappa shape index (κ1) is 18.7. The Morgan fingerprint density at radius 3 is 2.46 bits per heavy atom. The normalized spacial score (nSPS) is 15.6. The van der Waals surface area contributed by atoms with E-state index in [1.807, 2.05) is 30.3 Å². The molecular weight excluding hydrogens is 324 g/mol. The number of furan rings is 1. The highest BCUT2D eigenvalue weighted by atomic mass is 16.3. The first-order valence-corrected chi connectivity index (χ1v) is 9.87. The Morgan fingerprint density at radius 2 is 1.81 bits per heavy atom. The summed E-state index contributed by atoms with van der Waals surface area (Å²) in [5, 5.41) is 3.59. The molecule has 3 rings (SSSR count). The van der Waals surface area contributed by atoms with Gasteiger partial charge in [0.25, 0.3) is 0 Å². The Kier molecular flexibility index (Phi) is 6.51. The van der Waals surface area contributed by atoms with Gasteiger partial charge in [-0.05, 0) is 37.8 Å². The molecule has 0 aliphatic carbocycles. The average molecular weight is 354 g/mol. The van der Waals surface area contributed by atoms with E-state index in [9.17, 15) is 4.79 Å². The van der Waals surface area contributed by atoms with E-state index >= 15 is 0 Å². The van der Waals surface area contributed by atoms with Crippen LogP contribution in [0.5, 0.6) is 0 Å². The van der Waals surface area contributed by atoms with Gasteiger partial charge >= 0.3 is 0 Å². The molecule has 0 spiro atoms. The molecule has 2 heterocycles. The third-order valence-corrected chi connectivity index (χ3v) is 5.43. The van der Waals surface area contributed by atoms with E-state index < -0.39 is 0 Å². The van der Waals surface area contributed by atoms with Crippen LogP contribution in [0.15, 0.2) is 46.9 Å². The van der Waals surface area contributed by atoms with Gasteiger partial charge in [-0.1, -0.05) is 44.2 Å². The highest BCUT2D eigenvalue weighted by Gasteiger charge is 2.26. The van der Waals surface area contributed by atoms with Crippen LogP contribution in [0.1, 0.15) is 45.3 Å². The SMILES string of the molecule is CCC(CC)C(=O)N1CCC(NCc2ccc(-c3ccccc3)o2)CC1. The van der Waals surface area contributed by atoms with Crippen LogP contribution in [0, 0.1) is 5.92 Å². The van der Waals surface area contributed by atoms with Crippen molar-refractivity contribution in [2.75, 3.05) is 13.1 Å². The van der Waals surface area contributed by atoms with Gasteiger partial charge < -0.3 is 14.6 Å². The van der Waals surface area contributed by atoms with Gasteiger partial charge in [-0.3, -0.25) is 4.79 Å². The summed E-state index contributed by atoms with van der Waals surface area (Å²) in [5.74, 6) is 2.40. The molecule has 0 bridgehead atoms. The van der Waals surface area contributed by atoms with Crippen LogP contribution in [0.3, 0.4) is 0 Å². The molecule has 4 nitrogen and oxygen atoms in total. The Hall–Kier alpha value is -2.07. The molecular formula is C22H30N2O2. The highest BCUT2D eigenvalue weighted by Crippen LogP contribution is 2.22. The van der Waals surface area contributed by atoms with Crippen molar-refractivity contribution in [2.24, 2.45) is 5.92 Å². The molecule has 1 aliphatic rings.